The standard InChI is InChI=1S/C9H7S/c1-3-8-5-4-6-9(7-8)10-2/h1,4-5,7H,2H3. The lowest BCUT2D eigenvalue weighted by Gasteiger charge is -1.93. The maximum absolute atomic E-state index is 5.20. The normalized spacial score (nSPS) is 8.80. The molecule has 0 atom stereocenters. The van der Waals surface area contributed by atoms with Gasteiger partial charge in [0.15, 0.2) is 0 Å². The predicted molar refractivity (Wildman–Crippen MR) is 45.0 cm³/mol. The summed E-state index contributed by atoms with van der Waals surface area (Å²) in [7, 11) is 0. The van der Waals surface area contributed by atoms with E-state index in [4.69, 9.17) is 6.42 Å². The number of thioether (sulfide) groups is 1. The van der Waals surface area contributed by atoms with Gasteiger partial charge in [-0.05, 0) is 24.5 Å². The molecule has 0 nitrogen and oxygen atoms in total. The molecule has 1 heteroatoms. The molecule has 0 aromatic heterocycles. The minimum absolute atomic E-state index is 0.920. The number of rotatable bonds is 1. The Bertz CT molecular complexity index is 258. The Kier molecular flexibility index (Phi) is 2.42. The molecule has 0 saturated carbocycles. The van der Waals surface area contributed by atoms with E-state index in [2.05, 4.69) is 12.0 Å². The molecule has 0 aliphatic carbocycles. The summed E-state index contributed by atoms with van der Waals surface area (Å²) in [4.78, 5) is 1.09. The van der Waals surface area contributed by atoms with E-state index in [1.807, 2.05) is 24.5 Å². The molecule has 1 aromatic carbocycles. The molecule has 49 valence electrons. The molecule has 0 aliphatic heterocycles. The van der Waals surface area contributed by atoms with Crippen molar-refractivity contribution < 1.29 is 0 Å². The molecule has 1 aromatic rings. The van der Waals surface area contributed by atoms with Crippen LogP contribution in [0.4, 0.5) is 0 Å². The zero-order valence-corrected chi connectivity index (χ0v) is 6.53. The van der Waals surface area contributed by atoms with E-state index < -0.39 is 0 Å². The highest BCUT2D eigenvalue weighted by Gasteiger charge is 1.89. The van der Waals surface area contributed by atoms with Gasteiger partial charge < -0.3 is 0 Å². The van der Waals surface area contributed by atoms with Crippen molar-refractivity contribution in [2.75, 3.05) is 6.26 Å². The summed E-state index contributed by atoms with van der Waals surface area (Å²) in [6.07, 6.45) is 7.21. The topological polar surface area (TPSA) is 0 Å². The van der Waals surface area contributed by atoms with Crippen molar-refractivity contribution in [1.82, 2.24) is 0 Å². The summed E-state index contributed by atoms with van der Waals surface area (Å²) in [5, 5.41) is 0. The first-order valence-corrected chi connectivity index (χ1v) is 4.11. The maximum atomic E-state index is 5.20. The van der Waals surface area contributed by atoms with Crippen LogP contribution in [0.2, 0.25) is 0 Å². The van der Waals surface area contributed by atoms with Gasteiger partial charge in [0.25, 0.3) is 0 Å². The second-order valence-electron chi connectivity index (χ2n) is 1.79. The van der Waals surface area contributed by atoms with Gasteiger partial charge in [-0.25, -0.2) is 0 Å². The summed E-state index contributed by atoms with van der Waals surface area (Å²) in [6.45, 7) is 0. The molecule has 0 heterocycles. The smallest absolute Gasteiger partial charge is 0.0254 e. The van der Waals surface area contributed by atoms with E-state index >= 15 is 0 Å². The Morgan fingerprint density at radius 2 is 2.50 bits per heavy atom. The zero-order chi connectivity index (χ0) is 7.40. The highest BCUT2D eigenvalue weighted by molar-refractivity contribution is 7.98. The predicted octanol–water partition coefficient (Wildman–Crippen LogP) is 2.19. The van der Waals surface area contributed by atoms with Crippen LogP contribution in [0.25, 0.3) is 0 Å². The average Bonchev–Trinajstić information content (AvgIpc) is 2.05. The Balaban J connectivity index is 3.01. The summed E-state index contributed by atoms with van der Waals surface area (Å²) in [6, 6.07) is 8.73. The summed E-state index contributed by atoms with van der Waals surface area (Å²) in [5.41, 5.74) is 0.920. The van der Waals surface area contributed by atoms with Gasteiger partial charge in [-0.15, -0.1) is 18.2 Å². The highest BCUT2D eigenvalue weighted by atomic mass is 32.2. The molecule has 0 amide bonds. The Morgan fingerprint density at radius 3 is 3.10 bits per heavy atom. The van der Waals surface area contributed by atoms with Gasteiger partial charge in [-0.3, -0.25) is 0 Å². The Hall–Kier alpha value is -0.870. The van der Waals surface area contributed by atoms with Gasteiger partial charge >= 0.3 is 0 Å². The molecule has 0 saturated heterocycles. The molecular formula is C9H7S. The number of hydrogen-bond acceptors (Lipinski definition) is 1. The number of terminal acetylenes is 1. The Labute approximate surface area is 65.6 Å². The zero-order valence-electron chi connectivity index (χ0n) is 5.72. The van der Waals surface area contributed by atoms with Crippen LogP contribution in [0.3, 0.4) is 0 Å². The van der Waals surface area contributed by atoms with Crippen LogP contribution in [0.5, 0.6) is 0 Å². The fourth-order valence-electron chi connectivity index (χ4n) is 0.652. The third-order valence-corrected chi connectivity index (χ3v) is 1.84. The second kappa shape index (κ2) is 3.34. The van der Waals surface area contributed by atoms with E-state index in [0.717, 1.165) is 10.5 Å². The van der Waals surface area contributed by atoms with Gasteiger partial charge in [0, 0.05) is 10.5 Å². The molecule has 0 bridgehead atoms. The van der Waals surface area contributed by atoms with Gasteiger partial charge in [0.05, 0.1) is 0 Å². The van der Waals surface area contributed by atoms with Crippen molar-refractivity contribution in [2.24, 2.45) is 0 Å². The Morgan fingerprint density at radius 1 is 1.70 bits per heavy atom. The van der Waals surface area contributed by atoms with Crippen LogP contribution in [0.1, 0.15) is 5.56 Å². The number of hydrogen-bond donors (Lipinski definition) is 0. The van der Waals surface area contributed by atoms with Gasteiger partial charge in [-0.1, -0.05) is 12.0 Å². The monoisotopic (exact) mass is 147 g/mol. The lowest BCUT2D eigenvalue weighted by molar-refractivity contribution is 1.43. The average molecular weight is 147 g/mol. The summed E-state index contributed by atoms with van der Waals surface area (Å²) in [5.74, 6) is 2.57. The molecule has 0 spiro atoms. The highest BCUT2D eigenvalue weighted by Crippen LogP contribution is 2.13. The first-order chi connectivity index (χ1) is 4.86. The minimum atomic E-state index is 0.920. The van der Waals surface area contributed by atoms with Crippen molar-refractivity contribution in [3.8, 4) is 12.3 Å². The molecule has 0 aliphatic rings. The van der Waals surface area contributed by atoms with Crippen LogP contribution < -0.4 is 0 Å². The molecule has 0 unspecified atom stereocenters. The molecule has 0 fully saturated rings. The van der Waals surface area contributed by atoms with E-state index in [1.165, 1.54) is 0 Å². The third kappa shape index (κ3) is 1.55. The molecule has 0 N–H and O–H groups in total. The van der Waals surface area contributed by atoms with E-state index in [0.29, 0.717) is 0 Å². The fourth-order valence-corrected chi connectivity index (χ4v) is 1.08. The van der Waals surface area contributed by atoms with Gasteiger partial charge in [0.2, 0.25) is 0 Å². The quantitative estimate of drug-likeness (QED) is 0.433. The SMILES string of the molecule is C#Cc1cc[c]c(SC)c1. The molecule has 1 radical (unpaired) electrons. The van der Waals surface area contributed by atoms with E-state index in [-0.39, 0.29) is 0 Å². The van der Waals surface area contributed by atoms with Crippen molar-refractivity contribution in [1.29, 1.82) is 0 Å². The van der Waals surface area contributed by atoms with Crippen LogP contribution in [-0.2, 0) is 0 Å². The van der Waals surface area contributed by atoms with Crippen molar-refractivity contribution in [3.05, 3.63) is 29.8 Å². The van der Waals surface area contributed by atoms with Crippen molar-refractivity contribution >= 4 is 11.8 Å². The van der Waals surface area contributed by atoms with Crippen LogP contribution in [-0.4, -0.2) is 6.26 Å². The summed E-state index contributed by atoms with van der Waals surface area (Å²) >= 11 is 1.65. The largest absolute Gasteiger partial charge is 0.129 e. The number of benzene rings is 1. The minimum Gasteiger partial charge on any atom is -0.129 e. The van der Waals surface area contributed by atoms with Crippen LogP contribution in [0.15, 0.2) is 23.1 Å². The lowest BCUT2D eigenvalue weighted by Crippen LogP contribution is -1.73. The lowest BCUT2D eigenvalue weighted by atomic mass is 10.2. The van der Waals surface area contributed by atoms with E-state index in [9.17, 15) is 0 Å². The first kappa shape index (κ1) is 7.24. The first-order valence-electron chi connectivity index (χ1n) is 2.89. The molecular weight excluding hydrogens is 140 g/mol. The van der Waals surface area contributed by atoms with Crippen LogP contribution in [0, 0.1) is 18.4 Å². The second-order valence-corrected chi connectivity index (χ2v) is 2.64. The molecule has 1 rings (SSSR count). The van der Waals surface area contributed by atoms with E-state index in [1.54, 1.807) is 11.8 Å². The van der Waals surface area contributed by atoms with Crippen molar-refractivity contribution in [3.63, 3.8) is 0 Å². The third-order valence-electron chi connectivity index (χ3n) is 1.16. The molecule has 10 heavy (non-hydrogen) atoms. The van der Waals surface area contributed by atoms with Crippen LogP contribution >= 0.6 is 11.8 Å². The maximum Gasteiger partial charge on any atom is 0.0254 e. The fraction of sp³-hybridized carbons (Fsp3) is 0.111. The van der Waals surface area contributed by atoms with Crippen molar-refractivity contribution in [2.45, 2.75) is 4.90 Å². The van der Waals surface area contributed by atoms with Gasteiger partial charge in [0.1, 0.15) is 0 Å². The van der Waals surface area contributed by atoms with Gasteiger partial charge in [-0.2, -0.15) is 0 Å². The summed E-state index contributed by atoms with van der Waals surface area (Å²) < 4.78 is 0.